The predicted molar refractivity (Wildman–Crippen MR) is 102 cm³/mol. The maximum atomic E-state index is 14.2. The highest BCUT2D eigenvalue weighted by molar-refractivity contribution is 5.80. The fourth-order valence-corrected chi connectivity index (χ4v) is 3.68. The molecule has 2 atom stereocenters. The van der Waals surface area contributed by atoms with Gasteiger partial charge in [0, 0.05) is 12.8 Å². The number of benzene rings is 2. The van der Waals surface area contributed by atoms with Crippen LogP contribution in [0.15, 0.2) is 48.5 Å². The Labute approximate surface area is 155 Å². The van der Waals surface area contributed by atoms with Crippen LogP contribution in [-0.2, 0) is 4.79 Å². The van der Waals surface area contributed by atoms with Gasteiger partial charge in [-0.2, -0.15) is 0 Å². The molecular formula is C23H28F2O. The van der Waals surface area contributed by atoms with E-state index >= 15 is 0 Å². The number of rotatable bonds is 10. The molecule has 0 aliphatic heterocycles. The third-order valence-corrected chi connectivity index (χ3v) is 4.91. The van der Waals surface area contributed by atoms with Crippen molar-refractivity contribution in [1.82, 2.24) is 0 Å². The lowest BCUT2D eigenvalue weighted by molar-refractivity contribution is -0.119. The standard InChI is InChI=1S/C23H28F2O/c1-3-9-17(20-11-5-7-13-22(20)24)15-19(26)16-18(10-4-2)21-12-6-8-14-23(21)25/h5-8,11-14,17-18H,3-4,9-10,15-16H2,1-2H3. The van der Waals surface area contributed by atoms with Gasteiger partial charge in [0.15, 0.2) is 0 Å². The molecule has 140 valence electrons. The van der Waals surface area contributed by atoms with Crippen LogP contribution in [-0.4, -0.2) is 5.78 Å². The zero-order valence-corrected chi connectivity index (χ0v) is 15.7. The van der Waals surface area contributed by atoms with Crippen LogP contribution in [0.1, 0.15) is 75.3 Å². The number of ketones is 1. The first-order valence-corrected chi connectivity index (χ1v) is 9.57. The van der Waals surface area contributed by atoms with Gasteiger partial charge in [0.2, 0.25) is 0 Å². The molecule has 2 rings (SSSR count). The number of carbonyl (C=O) groups is 1. The van der Waals surface area contributed by atoms with Crippen molar-refractivity contribution < 1.29 is 13.6 Å². The average molecular weight is 358 g/mol. The highest BCUT2D eigenvalue weighted by atomic mass is 19.1. The van der Waals surface area contributed by atoms with Gasteiger partial charge in [0.05, 0.1) is 0 Å². The first-order chi connectivity index (χ1) is 12.6. The van der Waals surface area contributed by atoms with Crippen molar-refractivity contribution in [2.24, 2.45) is 0 Å². The summed E-state index contributed by atoms with van der Waals surface area (Å²) in [6.07, 6.45) is 3.93. The Morgan fingerprint density at radius 1 is 0.769 bits per heavy atom. The Hall–Kier alpha value is -2.03. The van der Waals surface area contributed by atoms with Crippen LogP contribution in [0.2, 0.25) is 0 Å². The van der Waals surface area contributed by atoms with Gasteiger partial charge in [-0.1, -0.05) is 63.1 Å². The lowest BCUT2D eigenvalue weighted by Crippen LogP contribution is -2.13. The normalized spacial score (nSPS) is 13.4. The molecule has 2 unspecified atom stereocenters. The zero-order chi connectivity index (χ0) is 18.9. The van der Waals surface area contributed by atoms with E-state index in [1.54, 1.807) is 24.3 Å². The second-order valence-corrected chi connectivity index (χ2v) is 6.96. The van der Waals surface area contributed by atoms with E-state index in [2.05, 4.69) is 0 Å². The highest BCUT2D eigenvalue weighted by Gasteiger charge is 2.22. The number of carbonyl (C=O) groups excluding carboxylic acids is 1. The van der Waals surface area contributed by atoms with Gasteiger partial charge >= 0.3 is 0 Å². The van der Waals surface area contributed by atoms with E-state index in [1.807, 2.05) is 26.0 Å². The lowest BCUT2D eigenvalue weighted by Gasteiger charge is -2.20. The van der Waals surface area contributed by atoms with Crippen molar-refractivity contribution in [2.45, 2.75) is 64.2 Å². The van der Waals surface area contributed by atoms with E-state index in [-0.39, 0.29) is 29.3 Å². The SMILES string of the molecule is CCCC(CC(=O)CC(CCC)c1ccccc1F)c1ccccc1F. The largest absolute Gasteiger partial charge is 0.300 e. The van der Waals surface area contributed by atoms with Crippen LogP contribution >= 0.6 is 0 Å². The molecule has 0 heterocycles. The van der Waals surface area contributed by atoms with Crippen LogP contribution in [0, 0.1) is 11.6 Å². The van der Waals surface area contributed by atoms with Crippen molar-refractivity contribution in [3.63, 3.8) is 0 Å². The van der Waals surface area contributed by atoms with Gasteiger partial charge in [-0.3, -0.25) is 4.79 Å². The molecule has 2 aromatic rings. The average Bonchev–Trinajstić information content (AvgIpc) is 2.62. The topological polar surface area (TPSA) is 17.1 Å². The van der Waals surface area contributed by atoms with E-state index in [0.717, 1.165) is 25.7 Å². The summed E-state index contributed by atoms with van der Waals surface area (Å²) >= 11 is 0. The Balaban J connectivity index is 2.13. The Morgan fingerprint density at radius 3 is 1.50 bits per heavy atom. The molecule has 3 heteroatoms. The Bertz CT molecular complexity index is 651. The highest BCUT2D eigenvalue weighted by Crippen LogP contribution is 2.32. The van der Waals surface area contributed by atoms with Gasteiger partial charge in [-0.25, -0.2) is 8.78 Å². The molecular weight excluding hydrogens is 330 g/mol. The summed E-state index contributed by atoms with van der Waals surface area (Å²) in [7, 11) is 0. The molecule has 0 fully saturated rings. The van der Waals surface area contributed by atoms with E-state index in [9.17, 15) is 13.6 Å². The van der Waals surface area contributed by atoms with Gasteiger partial charge in [-0.05, 0) is 47.9 Å². The van der Waals surface area contributed by atoms with Crippen molar-refractivity contribution >= 4 is 5.78 Å². The molecule has 26 heavy (non-hydrogen) atoms. The predicted octanol–water partition coefficient (Wildman–Crippen LogP) is 6.78. The molecule has 0 aromatic heterocycles. The minimum absolute atomic E-state index is 0.0772. The summed E-state index contributed by atoms with van der Waals surface area (Å²) in [5.41, 5.74) is 1.22. The quantitative estimate of drug-likeness (QED) is 0.457. The second-order valence-electron chi connectivity index (χ2n) is 6.96. The maximum absolute atomic E-state index is 14.2. The number of hydrogen-bond acceptors (Lipinski definition) is 1. The van der Waals surface area contributed by atoms with Gasteiger partial charge in [-0.15, -0.1) is 0 Å². The van der Waals surface area contributed by atoms with Gasteiger partial charge < -0.3 is 0 Å². The van der Waals surface area contributed by atoms with Crippen LogP contribution < -0.4 is 0 Å². The molecule has 0 spiro atoms. The van der Waals surface area contributed by atoms with Crippen molar-refractivity contribution in [3.8, 4) is 0 Å². The van der Waals surface area contributed by atoms with Crippen molar-refractivity contribution in [2.75, 3.05) is 0 Å². The van der Waals surface area contributed by atoms with E-state index in [0.29, 0.717) is 24.0 Å². The summed E-state index contributed by atoms with van der Waals surface area (Å²) in [4.78, 5) is 12.7. The fourth-order valence-electron chi connectivity index (χ4n) is 3.68. The van der Waals surface area contributed by atoms with Crippen LogP contribution in [0.5, 0.6) is 0 Å². The van der Waals surface area contributed by atoms with E-state index < -0.39 is 0 Å². The molecule has 0 aliphatic rings. The van der Waals surface area contributed by atoms with E-state index in [1.165, 1.54) is 12.1 Å². The minimum atomic E-state index is -0.252. The zero-order valence-electron chi connectivity index (χ0n) is 15.7. The summed E-state index contributed by atoms with van der Waals surface area (Å²) in [5.74, 6) is -0.655. The monoisotopic (exact) mass is 358 g/mol. The first kappa shape index (κ1) is 20.3. The van der Waals surface area contributed by atoms with Crippen LogP contribution in [0.25, 0.3) is 0 Å². The molecule has 1 nitrogen and oxygen atoms in total. The molecule has 0 saturated heterocycles. The Kier molecular flexibility index (Phi) is 7.96. The summed E-state index contributed by atoms with van der Waals surface area (Å²) in [6, 6.07) is 13.4. The Morgan fingerprint density at radius 2 is 1.15 bits per heavy atom. The van der Waals surface area contributed by atoms with Crippen LogP contribution in [0.4, 0.5) is 8.78 Å². The molecule has 2 aromatic carbocycles. The summed E-state index contributed by atoms with van der Waals surface area (Å²) in [6.45, 7) is 4.08. The summed E-state index contributed by atoms with van der Waals surface area (Å²) in [5, 5.41) is 0. The molecule has 0 saturated carbocycles. The third kappa shape index (κ3) is 5.48. The number of hydrogen-bond donors (Lipinski definition) is 0. The molecule has 0 aliphatic carbocycles. The van der Waals surface area contributed by atoms with Crippen molar-refractivity contribution in [3.05, 3.63) is 71.3 Å². The molecule has 0 amide bonds. The molecule has 0 bridgehead atoms. The lowest BCUT2D eigenvalue weighted by atomic mass is 9.84. The number of halogens is 2. The second kappa shape index (κ2) is 10.2. The van der Waals surface area contributed by atoms with E-state index in [4.69, 9.17) is 0 Å². The van der Waals surface area contributed by atoms with Gasteiger partial charge in [0.1, 0.15) is 17.4 Å². The van der Waals surface area contributed by atoms with Crippen LogP contribution in [0.3, 0.4) is 0 Å². The minimum Gasteiger partial charge on any atom is -0.300 e. The third-order valence-electron chi connectivity index (χ3n) is 4.91. The summed E-state index contributed by atoms with van der Waals surface area (Å²) < 4.78 is 28.3. The number of Topliss-reactive ketones (excluding diaryl/α,β-unsaturated/α-hetero) is 1. The molecule has 0 radical (unpaired) electrons. The maximum Gasteiger partial charge on any atom is 0.134 e. The smallest absolute Gasteiger partial charge is 0.134 e. The fraction of sp³-hybridized carbons (Fsp3) is 0.435. The van der Waals surface area contributed by atoms with Gasteiger partial charge in [0.25, 0.3) is 0 Å². The first-order valence-electron chi connectivity index (χ1n) is 9.57. The molecule has 0 N–H and O–H groups in total. The van der Waals surface area contributed by atoms with Crippen molar-refractivity contribution in [1.29, 1.82) is 0 Å².